The number of benzene rings is 1. The summed E-state index contributed by atoms with van der Waals surface area (Å²) in [7, 11) is 0. The van der Waals surface area contributed by atoms with Crippen molar-refractivity contribution in [1.82, 2.24) is 30.1 Å². The third-order valence-corrected chi connectivity index (χ3v) is 4.36. The smallest absolute Gasteiger partial charge is 0.256 e. The van der Waals surface area contributed by atoms with Crippen molar-refractivity contribution in [2.24, 2.45) is 0 Å². The molecule has 0 spiro atoms. The van der Waals surface area contributed by atoms with Crippen LogP contribution in [0.2, 0.25) is 0 Å². The fourth-order valence-corrected chi connectivity index (χ4v) is 3.15. The first-order valence-corrected chi connectivity index (χ1v) is 8.00. The van der Waals surface area contributed by atoms with E-state index in [1.807, 2.05) is 30.5 Å². The zero-order chi connectivity index (χ0) is 16.5. The van der Waals surface area contributed by atoms with E-state index < -0.39 is 0 Å². The van der Waals surface area contributed by atoms with Gasteiger partial charge in [-0.3, -0.25) is 4.79 Å². The predicted molar refractivity (Wildman–Crippen MR) is 86.4 cm³/mol. The summed E-state index contributed by atoms with van der Waals surface area (Å²) in [6.07, 6.45) is 1.59. The Morgan fingerprint density at radius 1 is 1.42 bits per heavy atom. The van der Waals surface area contributed by atoms with Gasteiger partial charge in [-0.15, -0.1) is 10.2 Å². The Kier molecular flexibility index (Phi) is 3.73. The molecule has 1 aliphatic rings. The molecule has 0 radical (unpaired) electrons. The van der Waals surface area contributed by atoms with Crippen molar-refractivity contribution in [3.63, 3.8) is 0 Å². The first-order valence-electron chi connectivity index (χ1n) is 8.00. The van der Waals surface area contributed by atoms with Crippen LogP contribution in [0.15, 0.2) is 30.5 Å². The number of H-pyrrole nitrogens is 1. The zero-order valence-electron chi connectivity index (χ0n) is 13.3. The van der Waals surface area contributed by atoms with Crippen molar-refractivity contribution in [2.45, 2.75) is 19.6 Å². The molecular formula is C16H18N6O2. The summed E-state index contributed by atoms with van der Waals surface area (Å²) in [5.74, 6) is 0.485. The molecule has 1 amide bonds. The molecule has 1 atom stereocenters. The molecule has 8 nitrogen and oxygen atoms in total. The fourth-order valence-electron chi connectivity index (χ4n) is 3.15. The fraction of sp³-hybridized carbons (Fsp3) is 0.375. The number of tetrazole rings is 1. The second kappa shape index (κ2) is 6.04. The van der Waals surface area contributed by atoms with Gasteiger partial charge in [0, 0.05) is 30.2 Å². The Labute approximate surface area is 138 Å². The van der Waals surface area contributed by atoms with Crippen LogP contribution < -0.4 is 0 Å². The van der Waals surface area contributed by atoms with Gasteiger partial charge in [0.05, 0.1) is 18.7 Å². The van der Waals surface area contributed by atoms with E-state index in [1.54, 1.807) is 4.90 Å². The number of aryl methyl sites for hydroxylation is 1. The van der Waals surface area contributed by atoms with Crippen molar-refractivity contribution in [3.05, 3.63) is 41.9 Å². The second-order valence-electron chi connectivity index (χ2n) is 5.73. The third kappa shape index (κ3) is 2.44. The van der Waals surface area contributed by atoms with Gasteiger partial charge in [0.1, 0.15) is 6.10 Å². The molecule has 0 aliphatic carbocycles. The van der Waals surface area contributed by atoms with Crippen molar-refractivity contribution >= 4 is 16.8 Å². The van der Waals surface area contributed by atoms with Crippen LogP contribution in [-0.4, -0.2) is 55.7 Å². The molecule has 1 aromatic carbocycles. The summed E-state index contributed by atoms with van der Waals surface area (Å²) < 4.78 is 7.77. The predicted octanol–water partition coefficient (Wildman–Crippen LogP) is 1.39. The molecule has 0 bridgehead atoms. The summed E-state index contributed by atoms with van der Waals surface area (Å²) in [6, 6.07) is 7.98. The Bertz CT molecular complexity index is 857. The molecule has 124 valence electrons. The number of aromatic amines is 1. The SMILES string of the molecule is CCn1cc(C(=O)N2CCOC(c3nn[nH]n3)C2)c2ccccc21. The summed E-state index contributed by atoms with van der Waals surface area (Å²) in [5.41, 5.74) is 1.80. The summed E-state index contributed by atoms with van der Waals surface area (Å²) in [5, 5.41) is 14.9. The van der Waals surface area contributed by atoms with Crippen LogP contribution in [0.1, 0.15) is 29.2 Å². The number of ether oxygens (including phenoxy) is 1. The lowest BCUT2D eigenvalue weighted by Gasteiger charge is -2.31. The van der Waals surface area contributed by atoms with Crippen molar-refractivity contribution in [1.29, 1.82) is 0 Å². The molecule has 3 aromatic rings. The van der Waals surface area contributed by atoms with Gasteiger partial charge < -0.3 is 14.2 Å². The molecule has 2 aromatic heterocycles. The van der Waals surface area contributed by atoms with Crippen molar-refractivity contribution in [2.75, 3.05) is 19.7 Å². The van der Waals surface area contributed by atoms with Crippen LogP contribution in [0.25, 0.3) is 10.9 Å². The average Bonchev–Trinajstić information content (AvgIpc) is 3.29. The number of hydrogen-bond donors (Lipinski definition) is 1. The van der Waals surface area contributed by atoms with Gasteiger partial charge >= 0.3 is 0 Å². The lowest BCUT2D eigenvalue weighted by Crippen LogP contribution is -2.42. The molecule has 0 saturated carbocycles. The number of carbonyl (C=O) groups excluding carboxylic acids is 1. The zero-order valence-corrected chi connectivity index (χ0v) is 13.3. The first kappa shape index (κ1) is 14.8. The number of rotatable bonds is 3. The Balaban J connectivity index is 1.64. The number of hydrogen-bond acceptors (Lipinski definition) is 5. The molecule has 3 heterocycles. The van der Waals surface area contributed by atoms with Gasteiger partial charge in [-0.05, 0) is 13.0 Å². The highest BCUT2D eigenvalue weighted by Gasteiger charge is 2.29. The number of morpholine rings is 1. The quantitative estimate of drug-likeness (QED) is 0.785. The van der Waals surface area contributed by atoms with Crippen LogP contribution in [-0.2, 0) is 11.3 Å². The molecule has 4 rings (SSSR count). The Morgan fingerprint density at radius 3 is 3.08 bits per heavy atom. The van der Waals surface area contributed by atoms with Gasteiger partial charge in [0.25, 0.3) is 5.91 Å². The van der Waals surface area contributed by atoms with E-state index in [9.17, 15) is 4.79 Å². The molecular weight excluding hydrogens is 308 g/mol. The molecule has 1 fully saturated rings. The maximum Gasteiger partial charge on any atom is 0.256 e. The average molecular weight is 326 g/mol. The Hall–Kier alpha value is -2.74. The van der Waals surface area contributed by atoms with E-state index in [0.29, 0.717) is 25.5 Å². The second-order valence-corrected chi connectivity index (χ2v) is 5.73. The normalized spacial score (nSPS) is 18.2. The Morgan fingerprint density at radius 2 is 2.29 bits per heavy atom. The highest BCUT2D eigenvalue weighted by molar-refractivity contribution is 6.07. The summed E-state index contributed by atoms with van der Waals surface area (Å²) in [4.78, 5) is 14.8. The molecule has 1 saturated heterocycles. The number of carbonyl (C=O) groups is 1. The van der Waals surface area contributed by atoms with Crippen LogP contribution in [0, 0.1) is 0 Å². The minimum Gasteiger partial charge on any atom is -0.366 e. The lowest BCUT2D eigenvalue weighted by atomic mass is 10.1. The molecule has 1 N–H and O–H groups in total. The van der Waals surface area contributed by atoms with E-state index in [0.717, 1.165) is 23.0 Å². The summed E-state index contributed by atoms with van der Waals surface area (Å²) in [6.45, 7) is 4.32. The maximum absolute atomic E-state index is 13.1. The van der Waals surface area contributed by atoms with E-state index in [4.69, 9.17) is 4.74 Å². The highest BCUT2D eigenvalue weighted by atomic mass is 16.5. The van der Waals surface area contributed by atoms with Crippen molar-refractivity contribution in [3.8, 4) is 0 Å². The van der Waals surface area contributed by atoms with Crippen LogP contribution in [0.4, 0.5) is 0 Å². The molecule has 24 heavy (non-hydrogen) atoms. The molecule has 1 aliphatic heterocycles. The van der Waals surface area contributed by atoms with Crippen LogP contribution in [0.5, 0.6) is 0 Å². The monoisotopic (exact) mass is 326 g/mol. The van der Waals surface area contributed by atoms with Gasteiger partial charge in [0.2, 0.25) is 5.82 Å². The first-order chi connectivity index (χ1) is 11.8. The van der Waals surface area contributed by atoms with Gasteiger partial charge in [-0.2, -0.15) is 5.21 Å². The number of nitrogens with one attached hydrogen (secondary N) is 1. The number of nitrogens with zero attached hydrogens (tertiary/aromatic N) is 5. The number of aromatic nitrogens is 5. The third-order valence-electron chi connectivity index (χ3n) is 4.36. The summed E-state index contributed by atoms with van der Waals surface area (Å²) >= 11 is 0. The van der Waals surface area contributed by atoms with Crippen LogP contribution in [0.3, 0.4) is 0 Å². The van der Waals surface area contributed by atoms with Crippen molar-refractivity contribution < 1.29 is 9.53 Å². The van der Waals surface area contributed by atoms with E-state index in [2.05, 4.69) is 32.1 Å². The van der Waals surface area contributed by atoms with E-state index in [1.165, 1.54) is 0 Å². The molecule has 8 heteroatoms. The van der Waals surface area contributed by atoms with Gasteiger partial charge in [-0.1, -0.05) is 23.4 Å². The maximum atomic E-state index is 13.1. The van der Waals surface area contributed by atoms with Gasteiger partial charge in [0.15, 0.2) is 0 Å². The minimum absolute atomic E-state index is 0.00944. The van der Waals surface area contributed by atoms with Gasteiger partial charge in [-0.25, -0.2) is 0 Å². The van der Waals surface area contributed by atoms with E-state index in [-0.39, 0.29) is 12.0 Å². The number of para-hydroxylation sites is 1. The standard InChI is InChI=1S/C16H18N6O2/c1-2-21-9-12(11-5-3-4-6-13(11)21)16(23)22-7-8-24-14(10-22)15-17-19-20-18-15/h3-6,9,14H,2,7-8,10H2,1H3,(H,17,18,19,20). The largest absolute Gasteiger partial charge is 0.366 e. The highest BCUT2D eigenvalue weighted by Crippen LogP contribution is 2.25. The topological polar surface area (TPSA) is 88.9 Å². The van der Waals surface area contributed by atoms with Crippen LogP contribution >= 0.6 is 0 Å². The van der Waals surface area contributed by atoms with E-state index >= 15 is 0 Å². The molecule has 1 unspecified atom stereocenters. The number of fused-ring (bicyclic) bond motifs is 1. The lowest BCUT2D eigenvalue weighted by molar-refractivity contribution is -0.0267. The number of amides is 1. The minimum atomic E-state index is -0.346.